The van der Waals surface area contributed by atoms with Gasteiger partial charge in [-0.1, -0.05) is 15.9 Å². The molecule has 0 aromatic carbocycles. The van der Waals surface area contributed by atoms with Crippen molar-refractivity contribution in [2.24, 2.45) is 0 Å². The second-order valence-corrected chi connectivity index (χ2v) is 2.15. The molecule has 0 N–H and O–H groups in total. The minimum atomic E-state index is -4.19. The molecule has 0 amide bonds. The second-order valence-electron chi connectivity index (χ2n) is 1.36. The number of halogens is 4. The summed E-state index contributed by atoms with van der Waals surface area (Å²) in [5, 5.41) is 0.434. The SMILES string of the molecule is FC(F)(F)COCCBr. The molecule has 0 radical (unpaired) electrons. The Hall–Kier alpha value is 0.230. The van der Waals surface area contributed by atoms with E-state index >= 15 is 0 Å². The third-order valence-corrected chi connectivity index (χ3v) is 0.811. The molecule has 0 saturated heterocycles. The summed E-state index contributed by atoms with van der Waals surface area (Å²) in [5.74, 6) is 0. The Kier molecular flexibility index (Phi) is 4.22. The van der Waals surface area contributed by atoms with Gasteiger partial charge in [-0.2, -0.15) is 13.2 Å². The van der Waals surface area contributed by atoms with Crippen molar-refractivity contribution in [2.75, 3.05) is 18.5 Å². The van der Waals surface area contributed by atoms with Crippen molar-refractivity contribution < 1.29 is 17.9 Å². The summed E-state index contributed by atoms with van der Waals surface area (Å²) in [7, 11) is 0. The average Bonchev–Trinajstić information content (AvgIpc) is 1.63. The van der Waals surface area contributed by atoms with Gasteiger partial charge >= 0.3 is 6.18 Å². The van der Waals surface area contributed by atoms with Crippen molar-refractivity contribution in [1.29, 1.82) is 0 Å². The summed E-state index contributed by atoms with van der Waals surface area (Å²) in [4.78, 5) is 0. The van der Waals surface area contributed by atoms with Crippen LogP contribution in [0.25, 0.3) is 0 Å². The van der Waals surface area contributed by atoms with Crippen molar-refractivity contribution >= 4 is 15.9 Å². The fraction of sp³-hybridized carbons (Fsp3) is 1.00. The molecule has 0 rings (SSSR count). The highest BCUT2D eigenvalue weighted by atomic mass is 79.9. The van der Waals surface area contributed by atoms with E-state index < -0.39 is 12.8 Å². The summed E-state index contributed by atoms with van der Waals surface area (Å²) in [6.07, 6.45) is -4.19. The van der Waals surface area contributed by atoms with E-state index in [0.29, 0.717) is 5.33 Å². The molecule has 0 spiro atoms. The molecule has 9 heavy (non-hydrogen) atoms. The highest BCUT2D eigenvalue weighted by Gasteiger charge is 2.26. The Morgan fingerprint density at radius 3 is 2.22 bits per heavy atom. The Morgan fingerprint density at radius 2 is 1.89 bits per heavy atom. The summed E-state index contributed by atoms with van der Waals surface area (Å²) >= 11 is 2.92. The smallest absolute Gasteiger partial charge is 0.371 e. The Bertz CT molecular complexity index is 72.7. The number of rotatable bonds is 3. The van der Waals surface area contributed by atoms with Crippen LogP contribution in [-0.4, -0.2) is 24.7 Å². The van der Waals surface area contributed by atoms with Gasteiger partial charge in [0.15, 0.2) is 0 Å². The standard InChI is InChI=1S/C4H6BrF3O/c5-1-2-9-3-4(6,7)8/h1-3H2. The van der Waals surface area contributed by atoms with Gasteiger partial charge in [0.25, 0.3) is 0 Å². The van der Waals surface area contributed by atoms with Crippen LogP contribution in [0.3, 0.4) is 0 Å². The fourth-order valence-corrected chi connectivity index (χ4v) is 0.471. The fourth-order valence-electron chi connectivity index (χ4n) is 0.242. The van der Waals surface area contributed by atoms with Gasteiger partial charge < -0.3 is 4.74 Å². The van der Waals surface area contributed by atoms with Crippen LogP contribution in [-0.2, 0) is 4.74 Å². The average molecular weight is 207 g/mol. The lowest BCUT2D eigenvalue weighted by Gasteiger charge is -2.04. The molecule has 0 saturated carbocycles. The van der Waals surface area contributed by atoms with Crippen LogP contribution in [0.1, 0.15) is 0 Å². The molecule has 0 aliphatic carbocycles. The van der Waals surface area contributed by atoms with Crippen molar-refractivity contribution in [3.05, 3.63) is 0 Å². The first kappa shape index (κ1) is 9.23. The van der Waals surface area contributed by atoms with Gasteiger partial charge in [0.1, 0.15) is 6.61 Å². The molecule has 0 atom stereocenters. The first-order chi connectivity index (χ1) is 4.06. The first-order valence-corrected chi connectivity index (χ1v) is 3.39. The lowest BCUT2D eigenvalue weighted by atomic mass is 10.7. The van der Waals surface area contributed by atoms with E-state index in [4.69, 9.17) is 0 Å². The molecule has 0 aromatic heterocycles. The minimum Gasteiger partial charge on any atom is -0.371 e. The van der Waals surface area contributed by atoms with Gasteiger partial charge in [-0.25, -0.2) is 0 Å². The summed E-state index contributed by atoms with van der Waals surface area (Å²) in [5.41, 5.74) is 0. The molecule has 0 aliphatic heterocycles. The van der Waals surface area contributed by atoms with E-state index in [-0.39, 0.29) is 6.61 Å². The van der Waals surface area contributed by atoms with Crippen molar-refractivity contribution in [3.63, 3.8) is 0 Å². The van der Waals surface area contributed by atoms with Crippen molar-refractivity contribution in [3.8, 4) is 0 Å². The highest BCUT2D eigenvalue weighted by molar-refractivity contribution is 9.09. The molecule has 0 aromatic rings. The van der Waals surface area contributed by atoms with Crippen LogP contribution in [0.5, 0.6) is 0 Å². The van der Waals surface area contributed by atoms with Crippen molar-refractivity contribution in [2.45, 2.75) is 6.18 Å². The van der Waals surface area contributed by atoms with E-state index in [9.17, 15) is 13.2 Å². The molecule has 0 fully saturated rings. The summed E-state index contributed by atoms with van der Waals surface area (Å²) < 4.78 is 37.9. The van der Waals surface area contributed by atoms with E-state index in [0.717, 1.165) is 0 Å². The molecule has 0 heterocycles. The Morgan fingerprint density at radius 1 is 1.33 bits per heavy atom. The normalized spacial score (nSPS) is 12.0. The van der Waals surface area contributed by atoms with Gasteiger partial charge in [-0.15, -0.1) is 0 Å². The van der Waals surface area contributed by atoms with Crippen LogP contribution in [0.15, 0.2) is 0 Å². The number of hydrogen-bond donors (Lipinski definition) is 0. The molecule has 1 nitrogen and oxygen atoms in total. The maximum atomic E-state index is 11.2. The third-order valence-electron chi connectivity index (χ3n) is 0.487. The third kappa shape index (κ3) is 8.23. The molecule has 0 unspecified atom stereocenters. The van der Waals surface area contributed by atoms with E-state index in [1.807, 2.05) is 0 Å². The van der Waals surface area contributed by atoms with Gasteiger partial charge in [0, 0.05) is 5.33 Å². The van der Waals surface area contributed by atoms with Gasteiger partial charge in [0.05, 0.1) is 6.61 Å². The second kappa shape index (κ2) is 4.11. The molecule has 0 bridgehead atoms. The van der Waals surface area contributed by atoms with E-state index in [2.05, 4.69) is 20.7 Å². The highest BCUT2D eigenvalue weighted by Crippen LogP contribution is 2.14. The summed E-state index contributed by atoms with van der Waals surface area (Å²) in [6, 6.07) is 0. The van der Waals surface area contributed by atoms with Crippen LogP contribution >= 0.6 is 15.9 Å². The predicted molar refractivity (Wildman–Crippen MR) is 30.7 cm³/mol. The maximum Gasteiger partial charge on any atom is 0.411 e. The molecule has 0 aliphatic rings. The van der Waals surface area contributed by atoms with Gasteiger partial charge in [-0.05, 0) is 0 Å². The monoisotopic (exact) mass is 206 g/mol. The maximum absolute atomic E-state index is 11.2. The lowest BCUT2D eigenvalue weighted by molar-refractivity contribution is -0.172. The zero-order chi connectivity index (χ0) is 7.33. The topological polar surface area (TPSA) is 9.23 Å². The van der Waals surface area contributed by atoms with Crippen LogP contribution in [0, 0.1) is 0 Å². The van der Waals surface area contributed by atoms with Crippen LogP contribution < -0.4 is 0 Å². The number of alkyl halides is 4. The zero-order valence-corrected chi connectivity index (χ0v) is 6.13. The van der Waals surface area contributed by atoms with Gasteiger partial charge in [-0.3, -0.25) is 0 Å². The quantitative estimate of drug-likeness (QED) is 0.507. The first-order valence-electron chi connectivity index (χ1n) is 2.27. The molecular formula is C4H6BrF3O. The van der Waals surface area contributed by atoms with Gasteiger partial charge in [0.2, 0.25) is 0 Å². The lowest BCUT2D eigenvalue weighted by Crippen LogP contribution is -2.17. The number of ether oxygens (including phenoxy) is 1. The predicted octanol–water partition coefficient (Wildman–Crippen LogP) is 1.96. The largest absolute Gasteiger partial charge is 0.411 e. The molecule has 56 valence electrons. The Labute approximate surface area is 59.3 Å². The molecule has 5 heteroatoms. The van der Waals surface area contributed by atoms with Crippen molar-refractivity contribution in [1.82, 2.24) is 0 Å². The Balaban J connectivity index is 3.07. The van der Waals surface area contributed by atoms with E-state index in [1.165, 1.54) is 0 Å². The summed E-state index contributed by atoms with van der Waals surface area (Å²) in [6.45, 7) is -1.06. The van der Waals surface area contributed by atoms with E-state index in [1.54, 1.807) is 0 Å². The van der Waals surface area contributed by atoms with Crippen LogP contribution in [0.2, 0.25) is 0 Å². The van der Waals surface area contributed by atoms with Crippen LogP contribution in [0.4, 0.5) is 13.2 Å². The minimum absolute atomic E-state index is 0.0967. The molecular weight excluding hydrogens is 201 g/mol. The number of hydrogen-bond acceptors (Lipinski definition) is 1. The zero-order valence-electron chi connectivity index (χ0n) is 4.54.